The number of nitrogens with one attached hydrogen (secondary N) is 1. The fraction of sp³-hybridized carbons (Fsp3) is 1.00. The van der Waals surface area contributed by atoms with Crippen molar-refractivity contribution in [2.45, 2.75) is 39.7 Å². The molecule has 3 aliphatic heterocycles. The molecule has 3 fully saturated rings. The van der Waals surface area contributed by atoms with Crippen LogP contribution in [0.15, 0.2) is 0 Å². The van der Waals surface area contributed by atoms with E-state index in [9.17, 15) is 8.42 Å². The van der Waals surface area contributed by atoms with Crippen molar-refractivity contribution in [2.24, 2.45) is 23.7 Å². The lowest BCUT2D eigenvalue weighted by molar-refractivity contribution is 0.181. The average Bonchev–Trinajstić information content (AvgIpc) is 2.91. The summed E-state index contributed by atoms with van der Waals surface area (Å²) in [7, 11) is -3.34. The standard InChI is InChI=1S/C15H29N3O2S/c1-11-5-12(2)9-17(8-11)21(19,20)18-10-13-6-16-7-14(13)15(18,3)4/h11-14,16H,5-10H2,1-4H3. The molecule has 3 saturated heterocycles. The monoisotopic (exact) mass is 315 g/mol. The predicted octanol–water partition coefficient (Wildman–Crippen LogP) is 1.14. The van der Waals surface area contributed by atoms with E-state index in [1.165, 1.54) is 0 Å². The molecule has 0 spiro atoms. The van der Waals surface area contributed by atoms with Gasteiger partial charge in [0.2, 0.25) is 0 Å². The van der Waals surface area contributed by atoms with Crippen LogP contribution in [-0.2, 0) is 10.2 Å². The number of rotatable bonds is 2. The van der Waals surface area contributed by atoms with E-state index in [-0.39, 0.29) is 5.54 Å². The van der Waals surface area contributed by atoms with E-state index in [2.05, 4.69) is 33.0 Å². The van der Waals surface area contributed by atoms with E-state index in [0.29, 0.717) is 43.3 Å². The molecule has 122 valence electrons. The van der Waals surface area contributed by atoms with Crippen LogP contribution in [0.4, 0.5) is 0 Å². The molecule has 3 heterocycles. The van der Waals surface area contributed by atoms with Gasteiger partial charge in [-0.1, -0.05) is 13.8 Å². The highest BCUT2D eigenvalue weighted by Crippen LogP contribution is 2.43. The van der Waals surface area contributed by atoms with Crippen LogP contribution in [0.25, 0.3) is 0 Å². The zero-order valence-electron chi connectivity index (χ0n) is 13.7. The third-order valence-corrected chi connectivity index (χ3v) is 7.86. The van der Waals surface area contributed by atoms with E-state index in [0.717, 1.165) is 19.5 Å². The lowest BCUT2D eigenvalue weighted by atomic mass is 9.85. The first-order chi connectivity index (χ1) is 9.73. The van der Waals surface area contributed by atoms with Gasteiger partial charge >= 0.3 is 0 Å². The molecule has 0 aromatic carbocycles. The van der Waals surface area contributed by atoms with Crippen LogP contribution < -0.4 is 5.32 Å². The molecule has 0 aliphatic carbocycles. The Morgan fingerprint density at radius 3 is 2.24 bits per heavy atom. The summed E-state index contributed by atoms with van der Waals surface area (Å²) in [4.78, 5) is 0. The number of hydrogen-bond acceptors (Lipinski definition) is 3. The summed E-state index contributed by atoms with van der Waals surface area (Å²) in [5.74, 6) is 1.81. The fourth-order valence-corrected chi connectivity index (χ4v) is 6.98. The molecule has 21 heavy (non-hydrogen) atoms. The van der Waals surface area contributed by atoms with Crippen LogP contribution in [0, 0.1) is 23.7 Å². The topological polar surface area (TPSA) is 52.7 Å². The van der Waals surface area contributed by atoms with Gasteiger partial charge in [-0.05, 0) is 50.5 Å². The van der Waals surface area contributed by atoms with Crippen molar-refractivity contribution in [3.8, 4) is 0 Å². The molecule has 0 aromatic heterocycles. The van der Waals surface area contributed by atoms with Crippen LogP contribution in [0.5, 0.6) is 0 Å². The summed E-state index contributed by atoms with van der Waals surface area (Å²) >= 11 is 0. The summed E-state index contributed by atoms with van der Waals surface area (Å²) in [6.07, 6.45) is 1.13. The van der Waals surface area contributed by atoms with Crippen molar-refractivity contribution < 1.29 is 8.42 Å². The third-order valence-electron chi connectivity index (χ3n) is 5.73. The van der Waals surface area contributed by atoms with Gasteiger partial charge < -0.3 is 5.32 Å². The first kappa shape index (κ1) is 15.7. The van der Waals surface area contributed by atoms with E-state index in [1.807, 2.05) is 0 Å². The Balaban J connectivity index is 1.85. The third kappa shape index (κ3) is 2.54. The molecule has 0 saturated carbocycles. The van der Waals surface area contributed by atoms with Gasteiger partial charge in [0.1, 0.15) is 0 Å². The maximum absolute atomic E-state index is 13.2. The van der Waals surface area contributed by atoms with Crippen LogP contribution in [0.1, 0.15) is 34.1 Å². The second kappa shape index (κ2) is 5.18. The highest BCUT2D eigenvalue weighted by Gasteiger charge is 2.55. The van der Waals surface area contributed by atoms with Crippen molar-refractivity contribution in [3.63, 3.8) is 0 Å². The van der Waals surface area contributed by atoms with Gasteiger partial charge in [-0.2, -0.15) is 17.0 Å². The molecule has 3 rings (SSSR count). The molecular weight excluding hydrogens is 286 g/mol. The van der Waals surface area contributed by atoms with Gasteiger partial charge in [-0.15, -0.1) is 0 Å². The largest absolute Gasteiger partial charge is 0.316 e. The summed E-state index contributed by atoms with van der Waals surface area (Å²) in [5.41, 5.74) is -0.281. The Labute approximate surface area is 129 Å². The minimum atomic E-state index is -3.34. The molecule has 1 N–H and O–H groups in total. The SMILES string of the molecule is CC1CC(C)CN(S(=O)(=O)N2CC3CNCC3C2(C)C)C1. The maximum Gasteiger partial charge on any atom is 0.282 e. The Hall–Kier alpha value is -0.170. The Morgan fingerprint density at radius 2 is 1.67 bits per heavy atom. The van der Waals surface area contributed by atoms with Crippen molar-refractivity contribution in [3.05, 3.63) is 0 Å². The van der Waals surface area contributed by atoms with Gasteiger partial charge in [-0.25, -0.2) is 0 Å². The van der Waals surface area contributed by atoms with Crippen molar-refractivity contribution in [2.75, 3.05) is 32.7 Å². The summed E-state index contributed by atoms with van der Waals surface area (Å²) < 4.78 is 29.8. The van der Waals surface area contributed by atoms with Crippen LogP contribution >= 0.6 is 0 Å². The Morgan fingerprint density at radius 1 is 1.05 bits per heavy atom. The first-order valence-corrected chi connectivity index (χ1v) is 9.61. The van der Waals surface area contributed by atoms with Gasteiger partial charge in [0.15, 0.2) is 0 Å². The molecule has 3 aliphatic rings. The molecular formula is C15H29N3O2S. The molecule has 0 aromatic rings. The number of piperidine rings is 1. The van der Waals surface area contributed by atoms with Gasteiger partial charge in [0, 0.05) is 31.7 Å². The number of fused-ring (bicyclic) bond motifs is 1. The van der Waals surface area contributed by atoms with Crippen molar-refractivity contribution >= 4 is 10.2 Å². The Kier molecular flexibility index (Phi) is 3.88. The lowest BCUT2D eigenvalue weighted by Gasteiger charge is -2.41. The quantitative estimate of drug-likeness (QED) is 0.831. The smallest absolute Gasteiger partial charge is 0.282 e. The fourth-order valence-electron chi connectivity index (χ4n) is 4.71. The zero-order valence-corrected chi connectivity index (χ0v) is 14.5. The average molecular weight is 315 g/mol. The van der Waals surface area contributed by atoms with Gasteiger partial charge in [0.25, 0.3) is 10.2 Å². The van der Waals surface area contributed by atoms with Crippen molar-refractivity contribution in [1.82, 2.24) is 13.9 Å². The number of hydrogen-bond donors (Lipinski definition) is 1. The molecule has 4 atom stereocenters. The normalized spacial score (nSPS) is 41.3. The van der Waals surface area contributed by atoms with Gasteiger partial charge in [0.05, 0.1) is 0 Å². The highest BCUT2D eigenvalue weighted by molar-refractivity contribution is 7.86. The van der Waals surface area contributed by atoms with E-state index < -0.39 is 10.2 Å². The number of nitrogens with zero attached hydrogens (tertiary/aromatic N) is 2. The highest BCUT2D eigenvalue weighted by atomic mass is 32.2. The Bertz CT molecular complexity index is 495. The second-order valence-corrected chi connectivity index (χ2v) is 9.83. The molecule has 0 radical (unpaired) electrons. The molecule has 0 bridgehead atoms. The van der Waals surface area contributed by atoms with E-state index in [4.69, 9.17) is 0 Å². The minimum absolute atomic E-state index is 0.281. The van der Waals surface area contributed by atoms with Crippen LogP contribution in [0.3, 0.4) is 0 Å². The van der Waals surface area contributed by atoms with E-state index >= 15 is 0 Å². The summed E-state index contributed by atoms with van der Waals surface area (Å²) in [6, 6.07) is 0. The first-order valence-electron chi connectivity index (χ1n) is 8.21. The molecule has 6 heteroatoms. The lowest BCUT2D eigenvalue weighted by Crippen LogP contribution is -2.55. The summed E-state index contributed by atoms with van der Waals surface area (Å²) in [6.45, 7) is 12.4. The van der Waals surface area contributed by atoms with E-state index in [1.54, 1.807) is 8.61 Å². The maximum atomic E-state index is 13.2. The second-order valence-electron chi connectivity index (χ2n) is 7.98. The predicted molar refractivity (Wildman–Crippen MR) is 84.1 cm³/mol. The molecule has 5 nitrogen and oxygen atoms in total. The van der Waals surface area contributed by atoms with Crippen LogP contribution in [0.2, 0.25) is 0 Å². The van der Waals surface area contributed by atoms with Crippen LogP contribution in [-0.4, -0.2) is 55.3 Å². The molecule has 0 amide bonds. The minimum Gasteiger partial charge on any atom is -0.316 e. The molecule has 4 unspecified atom stereocenters. The zero-order chi connectivity index (χ0) is 15.4. The summed E-state index contributed by atoms with van der Waals surface area (Å²) in [5, 5.41) is 3.41. The van der Waals surface area contributed by atoms with Crippen molar-refractivity contribution in [1.29, 1.82) is 0 Å². The van der Waals surface area contributed by atoms with Gasteiger partial charge in [-0.3, -0.25) is 0 Å².